The van der Waals surface area contributed by atoms with Gasteiger partial charge in [-0.2, -0.15) is 0 Å². The molecule has 1 aromatic heterocycles. The number of aromatic nitrogens is 2. The van der Waals surface area contributed by atoms with Crippen LogP contribution in [-0.4, -0.2) is 15.9 Å². The maximum Gasteiger partial charge on any atom is 0.255 e. The second-order valence-corrected chi connectivity index (χ2v) is 6.36. The van der Waals surface area contributed by atoms with Crippen LogP contribution in [0, 0.1) is 18.6 Å². The molecule has 1 aromatic carbocycles. The summed E-state index contributed by atoms with van der Waals surface area (Å²) < 4.78 is 0.302. The minimum atomic E-state index is -0.227. The molecule has 5 nitrogen and oxygen atoms in total. The Morgan fingerprint density at radius 1 is 1.21 bits per heavy atom. The fourth-order valence-corrected chi connectivity index (χ4v) is 2.90. The number of hydrogen-bond acceptors (Lipinski definition) is 3. The van der Waals surface area contributed by atoms with Gasteiger partial charge >= 0.3 is 0 Å². The predicted octanol–water partition coefficient (Wildman–Crippen LogP) is 3.25. The third kappa shape index (κ3) is 4.64. The first kappa shape index (κ1) is 18.1. The monoisotopic (exact) mass is 345 g/mol. The van der Waals surface area contributed by atoms with Crippen molar-refractivity contribution in [3.8, 4) is 0 Å². The average Bonchev–Trinajstić information content (AvgIpc) is 2.52. The van der Waals surface area contributed by atoms with Crippen molar-refractivity contribution in [2.24, 2.45) is 0 Å². The third-order valence-corrected chi connectivity index (χ3v) is 4.28. The molecule has 2 aromatic rings. The largest absolute Gasteiger partial charge is 0.349 e. The van der Waals surface area contributed by atoms with E-state index >= 15 is 0 Å². The second kappa shape index (κ2) is 8.06. The lowest BCUT2D eigenvalue weighted by Crippen LogP contribution is -2.29. The molecule has 0 spiro atoms. The van der Waals surface area contributed by atoms with Gasteiger partial charge in [-0.1, -0.05) is 36.8 Å². The van der Waals surface area contributed by atoms with Gasteiger partial charge in [-0.25, -0.2) is 0 Å². The Hall–Kier alpha value is -2.21. The minimum absolute atomic E-state index is 0.0148. The van der Waals surface area contributed by atoms with E-state index in [1.54, 1.807) is 6.92 Å². The number of nitrogens with one attached hydrogen (secondary N) is 3. The van der Waals surface area contributed by atoms with Crippen molar-refractivity contribution in [2.75, 3.05) is 0 Å². The molecule has 0 saturated carbocycles. The molecular formula is C18H23N3O2S. The van der Waals surface area contributed by atoms with Crippen molar-refractivity contribution in [1.82, 2.24) is 15.3 Å². The van der Waals surface area contributed by atoms with Gasteiger partial charge in [0.05, 0.1) is 6.04 Å². The van der Waals surface area contributed by atoms with Gasteiger partial charge in [0.2, 0.25) is 5.91 Å². The van der Waals surface area contributed by atoms with Gasteiger partial charge < -0.3 is 10.3 Å². The molecule has 0 radical (unpaired) electrons. The zero-order chi connectivity index (χ0) is 17.7. The summed E-state index contributed by atoms with van der Waals surface area (Å²) in [5.74, 6) is -0.0660. The number of carbonyl (C=O) groups is 1. The average molecular weight is 345 g/mol. The Labute approximate surface area is 146 Å². The van der Waals surface area contributed by atoms with E-state index in [1.807, 2.05) is 38.1 Å². The molecule has 0 aliphatic rings. The van der Waals surface area contributed by atoms with Crippen LogP contribution in [0.2, 0.25) is 0 Å². The standard InChI is InChI=1S/C18H23N3O2S/c1-4-15(13-7-5-11(2)6-8-13)20-16(22)10-9-14-12(3)19-18(24)21-17(14)23/h5-8,15H,4,9-10H2,1-3H3,(H,20,22)(H2,19,21,23,24)/t15-/m1/s1. The first-order chi connectivity index (χ1) is 11.4. The van der Waals surface area contributed by atoms with Crippen molar-refractivity contribution < 1.29 is 4.79 Å². The summed E-state index contributed by atoms with van der Waals surface area (Å²) in [6, 6.07) is 8.14. The molecule has 128 valence electrons. The van der Waals surface area contributed by atoms with Crippen LogP contribution in [0.5, 0.6) is 0 Å². The summed E-state index contributed by atoms with van der Waals surface area (Å²) in [7, 11) is 0. The van der Waals surface area contributed by atoms with Gasteiger partial charge in [-0.3, -0.25) is 14.6 Å². The molecule has 1 atom stereocenters. The molecule has 0 aliphatic carbocycles. The minimum Gasteiger partial charge on any atom is -0.349 e. The third-order valence-electron chi connectivity index (χ3n) is 4.08. The van der Waals surface area contributed by atoms with Crippen LogP contribution < -0.4 is 10.9 Å². The molecule has 1 amide bonds. The van der Waals surface area contributed by atoms with E-state index in [9.17, 15) is 9.59 Å². The van der Waals surface area contributed by atoms with E-state index < -0.39 is 0 Å². The van der Waals surface area contributed by atoms with Crippen LogP contribution in [0.3, 0.4) is 0 Å². The zero-order valence-electron chi connectivity index (χ0n) is 14.2. The van der Waals surface area contributed by atoms with Crippen molar-refractivity contribution >= 4 is 18.1 Å². The highest BCUT2D eigenvalue weighted by Crippen LogP contribution is 2.17. The maximum atomic E-state index is 12.3. The number of carbonyl (C=O) groups excluding carboxylic acids is 1. The molecule has 0 aliphatic heterocycles. The van der Waals surface area contributed by atoms with Gasteiger partial charge in [-0.05, 0) is 44.5 Å². The molecule has 1 heterocycles. The molecule has 0 fully saturated rings. The van der Waals surface area contributed by atoms with Gasteiger partial charge in [0.1, 0.15) is 0 Å². The summed E-state index contributed by atoms with van der Waals surface area (Å²) in [5.41, 5.74) is 3.34. The molecule has 6 heteroatoms. The van der Waals surface area contributed by atoms with E-state index in [1.165, 1.54) is 5.56 Å². The first-order valence-corrected chi connectivity index (χ1v) is 8.49. The predicted molar refractivity (Wildman–Crippen MR) is 97.7 cm³/mol. The summed E-state index contributed by atoms with van der Waals surface area (Å²) in [5, 5.41) is 3.04. The van der Waals surface area contributed by atoms with E-state index in [2.05, 4.69) is 15.3 Å². The quantitative estimate of drug-likeness (QED) is 0.703. The molecule has 0 saturated heterocycles. The lowest BCUT2D eigenvalue weighted by atomic mass is 10.0. The van der Waals surface area contributed by atoms with Crippen LogP contribution >= 0.6 is 12.2 Å². The van der Waals surface area contributed by atoms with Crippen LogP contribution in [0.25, 0.3) is 0 Å². The Morgan fingerprint density at radius 2 is 1.88 bits per heavy atom. The van der Waals surface area contributed by atoms with Crippen LogP contribution in [0.1, 0.15) is 48.2 Å². The van der Waals surface area contributed by atoms with Gasteiger partial charge in [-0.15, -0.1) is 0 Å². The fraction of sp³-hybridized carbons (Fsp3) is 0.389. The molecule has 24 heavy (non-hydrogen) atoms. The van der Waals surface area contributed by atoms with Gasteiger partial charge in [0.15, 0.2) is 4.77 Å². The Kier molecular flexibility index (Phi) is 6.09. The summed E-state index contributed by atoms with van der Waals surface area (Å²) in [6.07, 6.45) is 1.45. The Balaban J connectivity index is 2.01. The SMILES string of the molecule is CC[C@@H](NC(=O)CCc1c(C)[nH]c(=S)[nH]c1=O)c1ccc(C)cc1. The van der Waals surface area contributed by atoms with Crippen molar-refractivity contribution in [3.63, 3.8) is 0 Å². The molecule has 3 N–H and O–H groups in total. The zero-order valence-corrected chi connectivity index (χ0v) is 15.0. The summed E-state index contributed by atoms with van der Waals surface area (Å²) >= 11 is 4.93. The first-order valence-electron chi connectivity index (χ1n) is 8.08. The number of amides is 1. The van der Waals surface area contributed by atoms with Crippen molar-refractivity contribution in [3.05, 3.63) is 61.8 Å². The second-order valence-electron chi connectivity index (χ2n) is 5.95. The Bertz CT molecular complexity index is 821. The Morgan fingerprint density at radius 3 is 2.46 bits per heavy atom. The lowest BCUT2D eigenvalue weighted by Gasteiger charge is -2.18. The number of H-pyrrole nitrogens is 2. The number of benzene rings is 1. The van der Waals surface area contributed by atoms with Crippen molar-refractivity contribution in [1.29, 1.82) is 0 Å². The highest BCUT2D eigenvalue weighted by atomic mass is 32.1. The van der Waals surface area contributed by atoms with Crippen LogP contribution in [-0.2, 0) is 11.2 Å². The van der Waals surface area contributed by atoms with E-state index in [4.69, 9.17) is 12.2 Å². The van der Waals surface area contributed by atoms with Gasteiger partial charge in [0.25, 0.3) is 5.56 Å². The lowest BCUT2D eigenvalue weighted by molar-refractivity contribution is -0.121. The number of hydrogen-bond donors (Lipinski definition) is 3. The van der Waals surface area contributed by atoms with E-state index in [0.717, 1.165) is 12.0 Å². The smallest absolute Gasteiger partial charge is 0.255 e. The van der Waals surface area contributed by atoms with E-state index in [0.29, 0.717) is 22.4 Å². The maximum absolute atomic E-state index is 12.3. The van der Waals surface area contributed by atoms with Crippen LogP contribution in [0.4, 0.5) is 0 Å². The molecule has 0 unspecified atom stereocenters. The molecule has 0 bridgehead atoms. The topological polar surface area (TPSA) is 77.8 Å². The summed E-state index contributed by atoms with van der Waals surface area (Å²) in [6.45, 7) is 5.87. The number of aryl methyl sites for hydroxylation is 2. The van der Waals surface area contributed by atoms with Gasteiger partial charge in [0, 0.05) is 17.7 Å². The number of rotatable bonds is 6. The normalized spacial score (nSPS) is 12.0. The van der Waals surface area contributed by atoms with Crippen LogP contribution in [0.15, 0.2) is 29.1 Å². The molecular weight excluding hydrogens is 322 g/mol. The summed E-state index contributed by atoms with van der Waals surface area (Å²) in [4.78, 5) is 29.7. The highest BCUT2D eigenvalue weighted by Gasteiger charge is 2.14. The van der Waals surface area contributed by atoms with Crippen molar-refractivity contribution in [2.45, 2.75) is 46.1 Å². The molecule has 2 rings (SSSR count). The highest BCUT2D eigenvalue weighted by molar-refractivity contribution is 7.71. The van der Waals surface area contributed by atoms with E-state index in [-0.39, 0.29) is 23.9 Å². The number of aromatic amines is 2. The fourth-order valence-electron chi connectivity index (χ4n) is 2.65.